The summed E-state index contributed by atoms with van der Waals surface area (Å²) in [5.74, 6) is -3.58. The third-order valence-corrected chi connectivity index (χ3v) is 4.26. The zero-order valence-electron chi connectivity index (χ0n) is 11.6. The Morgan fingerprint density at radius 2 is 2.08 bits per heavy atom. The molecule has 0 unspecified atom stereocenters. The number of halogens is 4. The van der Waals surface area contributed by atoms with Crippen LogP contribution in [0, 0.1) is 15.2 Å². The van der Waals surface area contributed by atoms with Crippen LogP contribution in [0.2, 0.25) is 5.02 Å². The van der Waals surface area contributed by atoms with E-state index in [-0.39, 0.29) is 27.3 Å². The van der Waals surface area contributed by atoms with Crippen molar-refractivity contribution in [1.82, 2.24) is 15.4 Å². The minimum atomic E-state index is -1.32. The van der Waals surface area contributed by atoms with Crippen LogP contribution < -0.4 is 10.8 Å². The number of benzene rings is 2. The molecule has 0 aliphatic heterocycles. The summed E-state index contributed by atoms with van der Waals surface area (Å²) in [6.45, 7) is 0. The van der Waals surface area contributed by atoms with Crippen LogP contribution in [0.1, 0.15) is 10.4 Å². The minimum absolute atomic E-state index is 0.0652. The van der Waals surface area contributed by atoms with E-state index in [1.807, 2.05) is 22.6 Å². The quantitative estimate of drug-likeness (QED) is 0.268. The van der Waals surface area contributed by atoms with Crippen LogP contribution in [0.5, 0.6) is 0 Å². The fraction of sp³-hybridized carbons (Fsp3) is 0. The van der Waals surface area contributed by atoms with E-state index >= 15 is 0 Å². The first kappa shape index (κ1) is 16.9. The van der Waals surface area contributed by atoms with Crippen molar-refractivity contribution in [2.45, 2.75) is 0 Å². The molecular weight excluding hydrogens is 457 g/mol. The highest BCUT2D eigenvalue weighted by atomic mass is 127. The van der Waals surface area contributed by atoms with Gasteiger partial charge in [0.15, 0.2) is 11.6 Å². The van der Waals surface area contributed by atoms with Gasteiger partial charge in [-0.25, -0.2) is 19.2 Å². The van der Waals surface area contributed by atoms with Crippen LogP contribution >= 0.6 is 34.2 Å². The lowest BCUT2D eigenvalue weighted by Crippen LogP contribution is -2.21. The van der Waals surface area contributed by atoms with Gasteiger partial charge < -0.3 is 10.3 Å². The smallest absolute Gasteiger partial charge is 0.279 e. The summed E-state index contributed by atoms with van der Waals surface area (Å²) >= 11 is 8.12. The van der Waals surface area contributed by atoms with Crippen LogP contribution in [0.3, 0.4) is 0 Å². The molecule has 0 saturated carbocycles. The minimum Gasteiger partial charge on any atom is -0.351 e. The summed E-state index contributed by atoms with van der Waals surface area (Å²) in [6.07, 6.45) is 1.11. The topological polar surface area (TPSA) is 90.0 Å². The molecular formula is C14H8ClF2IN4O2. The van der Waals surface area contributed by atoms with Crippen LogP contribution in [0.4, 0.5) is 20.2 Å². The molecule has 0 aliphatic rings. The molecule has 1 aromatic heterocycles. The van der Waals surface area contributed by atoms with E-state index in [0.29, 0.717) is 0 Å². The van der Waals surface area contributed by atoms with E-state index in [4.69, 9.17) is 16.8 Å². The highest BCUT2D eigenvalue weighted by molar-refractivity contribution is 14.1. The summed E-state index contributed by atoms with van der Waals surface area (Å²) in [4.78, 5) is 18.2. The van der Waals surface area contributed by atoms with Gasteiger partial charge in [0.25, 0.3) is 5.91 Å². The van der Waals surface area contributed by atoms with Crippen molar-refractivity contribution < 1.29 is 18.8 Å². The van der Waals surface area contributed by atoms with Crippen molar-refractivity contribution in [1.29, 1.82) is 0 Å². The first-order valence-corrected chi connectivity index (χ1v) is 7.90. The second kappa shape index (κ2) is 6.49. The molecule has 3 aromatic rings. The highest BCUT2D eigenvalue weighted by Gasteiger charge is 2.26. The summed E-state index contributed by atoms with van der Waals surface area (Å²) in [5.41, 5.74) is 0.446. The molecule has 0 radical (unpaired) electrons. The molecule has 4 N–H and O–H groups in total. The van der Waals surface area contributed by atoms with Gasteiger partial charge in [0.1, 0.15) is 5.52 Å². The number of amides is 1. The van der Waals surface area contributed by atoms with Crippen LogP contribution in [0.25, 0.3) is 11.0 Å². The molecule has 2 aromatic carbocycles. The number of fused-ring (bicyclic) bond motifs is 1. The Labute approximate surface area is 152 Å². The molecule has 0 saturated heterocycles. The maximum Gasteiger partial charge on any atom is 0.279 e. The fourth-order valence-corrected chi connectivity index (χ4v) is 3.13. The highest BCUT2D eigenvalue weighted by Crippen LogP contribution is 2.35. The van der Waals surface area contributed by atoms with Crippen molar-refractivity contribution in [2.75, 3.05) is 5.32 Å². The summed E-state index contributed by atoms with van der Waals surface area (Å²) in [6, 6.07) is 4.86. The number of nitrogens with zero attached hydrogens (tertiary/aromatic N) is 1. The number of aromatic amines is 1. The molecule has 0 spiro atoms. The van der Waals surface area contributed by atoms with Crippen molar-refractivity contribution in [3.05, 3.63) is 50.3 Å². The van der Waals surface area contributed by atoms with Crippen molar-refractivity contribution in [2.24, 2.45) is 0 Å². The van der Waals surface area contributed by atoms with E-state index in [1.54, 1.807) is 18.2 Å². The van der Waals surface area contributed by atoms with Crippen molar-refractivity contribution in [3.63, 3.8) is 0 Å². The van der Waals surface area contributed by atoms with E-state index in [1.165, 1.54) is 5.48 Å². The number of carbonyl (C=O) groups excluding carboxylic acids is 1. The first-order valence-electron chi connectivity index (χ1n) is 6.44. The lowest BCUT2D eigenvalue weighted by atomic mass is 10.1. The predicted molar refractivity (Wildman–Crippen MR) is 92.7 cm³/mol. The standard InChI is InChI=1S/C14H8ClF2IN4O2/c15-6-3-5(18)1-2-7(6)21-11-8(14(23)22-24)12-13(20-4-19-12)10(17)9(11)16/h1-4,21,24H,(H,19,20)(H,22,23). The lowest BCUT2D eigenvalue weighted by molar-refractivity contribution is 0.0708. The Balaban J connectivity index is 2.25. The first-order chi connectivity index (χ1) is 11.4. The van der Waals surface area contributed by atoms with Crippen molar-refractivity contribution in [3.8, 4) is 0 Å². The number of hydrogen-bond donors (Lipinski definition) is 4. The Morgan fingerprint density at radius 3 is 2.75 bits per heavy atom. The number of nitrogens with one attached hydrogen (secondary N) is 3. The third kappa shape index (κ3) is 2.78. The molecule has 3 rings (SSSR count). The predicted octanol–water partition coefficient (Wildman–Crippen LogP) is 3.96. The number of imidazole rings is 1. The third-order valence-electron chi connectivity index (χ3n) is 3.28. The van der Waals surface area contributed by atoms with Gasteiger partial charge in [0, 0.05) is 3.57 Å². The normalized spacial score (nSPS) is 10.9. The number of rotatable bonds is 3. The molecule has 0 atom stereocenters. The molecule has 10 heteroatoms. The number of hydroxylamine groups is 1. The van der Waals surface area contributed by atoms with Crippen LogP contribution in [-0.4, -0.2) is 21.1 Å². The zero-order valence-corrected chi connectivity index (χ0v) is 14.5. The largest absolute Gasteiger partial charge is 0.351 e. The molecule has 1 amide bonds. The zero-order chi connectivity index (χ0) is 17.4. The van der Waals surface area contributed by atoms with Crippen molar-refractivity contribution >= 4 is 62.5 Å². The van der Waals surface area contributed by atoms with Gasteiger partial charge in [-0.2, -0.15) is 0 Å². The van der Waals surface area contributed by atoms with E-state index in [2.05, 4.69) is 15.3 Å². The average Bonchev–Trinajstić information content (AvgIpc) is 3.03. The molecule has 6 nitrogen and oxygen atoms in total. The van der Waals surface area contributed by atoms with Gasteiger partial charge in [0.2, 0.25) is 0 Å². The van der Waals surface area contributed by atoms with Gasteiger partial charge in [-0.3, -0.25) is 10.0 Å². The lowest BCUT2D eigenvalue weighted by Gasteiger charge is -2.14. The molecule has 1 heterocycles. The molecule has 24 heavy (non-hydrogen) atoms. The molecule has 124 valence electrons. The maximum absolute atomic E-state index is 14.5. The van der Waals surface area contributed by atoms with Gasteiger partial charge in [-0.05, 0) is 40.8 Å². The van der Waals surface area contributed by atoms with Gasteiger partial charge in [-0.1, -0.05) is 11.6 Å². The summed E-state index contributed by atoms with van der Waals surface area (Å²) < 4.78 is 29.5. The number of aromatic nitrogens is 2. The van der Waals surface area contributed by atoms with Gasteiger partial charge in [0.05, 0.1) is 33.8 Å². The Morgan fingerprint density at radius 1 is 1.33 bits per heavy atom. The fourth-order valence-electron chi connectivity index (χ4n) is 2.23. The number of hydrogen-bond acceptors (Lipinski definition) is 4. The Kier molecular flexibility index (Phi) is 4.56. The van der Waals surface area contributed by atoms with Gasteiger partial charge >= 0.3 is 0 Å². The van der Waals surface area contributed by atoms with E-state index in [0.717, 1.165) is 9.90 Å². The van der Waals surface area contributed by atoms with Crippen LogP contribution in [-0.2, 0) is 0 Å². The number of H-pyrrole nitrogens is 1. The monoisotopic (exact) mass is 464 g/mol. The second-order valence-electron chi connectivity index (χ2n) is 4.69. The Bertz CT molecular complexity index is 964. The number of anilines is 2. The molecule has 0 aliphatic carbocycles. The van der Waals surface area contributed by atoms with E-state index in [9.17, 15) is 13.6 Å². The van der Waals surface area contributed by atoms with E-state index < -0.39 is 23.2 Å². The molecule has 0 bridgehead atoms. The second-order valence-corrected chi connectivity index (χ2v) is 6.35. The Hall–Kier alpha value is -1.98. The molecule has 0 fully saturated rings. The van der Waals surface area contributed by atoms with Gasteiger partial charge in [-0.15, -0.1) is 0 Å². The SMILES string of the molecule is O=C(NO)c1c(Nc2ccc(I)cc2Cl)c(F)c(F)c2nc[nH]c12. The average molecular weight is 465 g/mol. The number of carbonyl (C=O) groups is 1. The maximum atomic E-state index is 14.5. The summed E-state index contributed by atoms with van der Waals surface area (Å²) in [5, 5.41) is 11.8. The van der Waals surface area contributed by atoms with Crippen LogP contribution in [0.15, 0.2) is 24.5 Å². The summed E-state index contributed by atoms with van der Waals surface area (Å²) in [7, 11) is 0.